The summed E-state index contributed by atoms with van der Waals surface area (Å²) in [6.45, 7) is 8.91. The molecule has 0 N–H and O–H groups in total. The Balaban J connectivity index is 1.57. The number of likely N-dealkylation sites (tertiary alicyclic amines) is 1. The van der Waals surface area contributed by atoms with Crippen LogP contribution in [0.1, 0.15) is 39.2 Å². The van der Waals surface area contributed by atoms with Gasteiger partial charge in [-0.3, -0.25) is 4.79 Å². The van der Waals surface area contributed by atoms with Gasteiger partial charge in [-0.2, -0.15) is 0 Å². The van der Waals surface area contributed by atoms with Crippen LogP contribution in [0.3, 0.4) is 0 Å². The normalized spacial score (nSPS) is 23.8. The first-order valence-electron chi connectivity index (χ1n) is 9.45. The highest BCUT2D eigenvalue weighted by atomic mass is 19.2. The Morgan fingerprint density at radius 3 is 2.62 bits per heavy atom. The van der Waals surface area contributed by atoms with Crippen molar-refractivity contribution in [3.8, 4) is 0 Å². The molecule has 1 aromatic rings. The van der Waals surface area contributed by atoms with Crippen molar-refractivity contribution in [2.24, 2.45) is 0 Å². The van der Waals surface area contributed by atoms with Crippen LogP contribution in [0.15, 0.2) is 18.2 Å². The quantitative estimate of drug-likeness (QED) is 0.821. The van der Waals surface area contributed by atoms with Gasteiger partial charge in [0.05, 0.1) is 12.1 Å². The Hall–Kier alpha value is -1.53. The van der Waals surface area contributed by atoms with E-state index in [9.17, 15) is 13.6 Å². The van der Waals surface area contributed by atoms with E-state index in [0.29, 0.717) is 25.1 Å². The second-order valence-corrected chi connectivity index (χ2v) is 7.81. The van der Waals surface area contributed by atoms with Gasteiger partial charge in [-0.1, -0.05) is 12.1 Å². The fourth-order valence-corrected chi connectivity index (χ4v) is 4.00. The molecule has 1 atom stereocenters. The molecule has 0 aliphatic carbocycles. The molecule has 2 aliphatic heterocycles. The number of nitrogens with zero attached hydrogens (tertiary/aromatic N) is 2. The Kier molecular flexibility index (Phi) is 5.63. The lowest BCUT2D eigenvalue weighted by atomic mass is 9.88. The Bertz CT molecular complexity index is 657. The second-order valence-electron chi connectivity index (χ2n) is 7.81. The van der Waals surface area contributed by atoms with Crippen LogP contribution in [0.25, 0.3) is 0 Å². The molecule has 144 valence electrons. The van der Waals surface area contributed by atoms with Crippen molar-refractivity contribution in [3.05, 3.63) is 35.4 Å². The molecule has 4 nitrogen and oxygen atoms in total. The van der Waals surface area contributed by atoms with Crippen molar-refractivity contribution < 1.29 is 18.3 Å². The summed E-state index contributed by atoms with van der Waals surface area (Å²) in [4.78, 5) is 16.5. The number of carbonyl (C=O) groups is 1. The van der Waals surface area contributed by atoms with Gasteiger partial charge in [-0.15, -0.1) is 0 Å². The summed E-state index contributed by atoms with van der Waals surface area (Å²) >= 11 is 0. The van der Waals surface area contributed by atoms with Crippen molar-refractivity contribution in [1.29, 1.82) is 0 Å². The SMILES string of the molecule is CC(C)N1CC2(CCN(CCc3cccc(F)c3F)CC2)O[C@H](C)C1=O. The zero-order valence-corrected chi connectivity index (χ0v) is 15.8. The molecule has 3 rings (SSSR count). The van der Waals surface area contributed by atoms with Crippen LogP contribution in [0, 0.1) is 11.6 Å². The van der Waals surface area contributed by atoms with Gasteiger partial charge >= 0.3 is 0 Å². The van der Waals surface area contributed by atoms with E-state index in [0.717, 1.165) is 32.0 Å². The van der Waals surface area contributed by atoms with Crippen LogP contribution in [0.4, 0.5) is 8.78 Å². The Labute approximate surface area is 154 Å². The highest BCUT2D eigenvalue weighted by Crippen LogP contribution is 2.33. The fourth-order valence-electron chi connectivity index (χ4n) is 4.00. The zero-order valence-electron chi connectivity index (χ0n) is 15.8. The minimum Gasteiger partial charge on any atom is -0.360 e. The van der Waals surface area contributed by atoms with Gasteiger partial charge in [0.25, 0.3) is 5.91 Å². The first kappa shape index (κ1) is 19.2. The minimum absolute atomic E-state index is 0.0645. The highest BCUT2D eigenvalue weighted by Gasteiger charge is 2.45. The number of hydrogen-bond acceptors (Lipinski definition) is 3. The predicted molar refractivity (Wildman–Crippen MR) is 95.9 cm³/mol. The van der Waals surface area contributed by atoms with Gasteiger partial charge in [-0.25, -0.2) is 8.78 Å². The molecule has 2 fully saturated rings. The third-order valence-electron chi connectivity index (χ3n) is 5.64. The lowest BCUT2D eigenvalue weighted by Gasteiger charge is -2.50. The molecule has 0 unspecified atom stereocenters. The molecule has 2 saturated heterocycles. The first-order chi connectivity index (χ1) is 12.3. The van der Waals surface area contributed by atoms with Crippen LogP contribution in [-0.4, -0.2) is 59.6 Å². The van der Waals surface area contributed by atoms with Crippen molar-refractivity contribution in [2.45, 2.75) is 57.8 Å². The highest BCUT2D eigenvalue weighted by molar-refractivity contribution is 5.81. The molecule has 6 heteroatoms. The van der Waals surface area contributed by atoms with E-state index in [2.05, 4.69) is 4.90 Å². The third-order valence-corrected chi connectivity index (χ3v) is 5.64. The number of ether oxygens (including phenoxy) is 1. The molecular weight excluding hydrogens is 338 g/mol. The summed E-state index contributed by atoms with van der Waals surface area (Å²) in [5.41, 5.74) is 0.141. The molecule has 2 aliphatic rings. The van der Waals surface area contributed by atoms with Crippen LogP contribution in [-0.2, 0) is 16.0 Å². The number of benzene rings is 1. The van der Waals surface area contributed by atoms with Gasteiger partial charge < -0.3 is 14.5 Å². The molecule has 1 spiro atoms. The first-order valence-corrected chi connectivity index (χ1v) is 9.45. The largest absolute Gasteiger partial charge is 0.360 e. The molecule has 1 amide bonds. The van der Waals surface area contributed by atoms with E-state index < -0.39 is 17.7 Å². The lowest BCUT2D eigenvalue weighted by Crippen LogP contribution is -2.62. The Morgan fingerprint density at radius 2 is 1.96 bits per heavy atom. The van der Waals surface area contributed by atoms with Gasteiger partial charge in [0, 0.05) is 25.7 Å². The molecule has 26 heavy (non-hydrogen) atoms. The van der Waals surface area contributed by atoms with E-state index in [1.165, 1.54) is 0 Å². The third kappa shape index (κ3) is 3.91. The topological polar surface area (TPSA) is 32.8 Å². The fraction of sp³-hybridized carbons (Fsp3) is 0.650. The van der Waals surface area contributed by atoms with Crippen LogP contribution < -0.4 is 0 Å². The van der Waals surface area contributed by atoms with E-state index in [-0.39, 0.29) is 17.6 Å². The molecule has 1 aromatic carbocycles. The number of amides is 1. The van der Waals surface area contributed by atoms with E-state index in [1.54, 1.807) is 12.1 Å². The molecule has 0 radical (unpaired) electrons. The summed E-state index contributed by atoms with van der Waals surface area (Å²) in [7, 11) is 0. The molecule has 0 saturated carbocycles. The van der Waals surface area contributed by atoms with Crippen molar-refractivity contribution in [2.75, 3.05) is 26.2 Å². The summed E-state index contributed by atoms with van der Waals surface area (Å²) in [6.07, 6.45) is 1.78. The van der Waals surface area contributed by atoms with Crippen molar-refractivity contribution in [3.63, 3.8) is 0 Å². The van der Waals surface area contributed by atoms with E-state index in [1.807, 2.05) is 25.7 Å². The second kappa shape index (κ2) is 7.61. The lowest BCUT2D eigenvalue weighted by molar-refractivity contribution is -0.192. The number of piperidine rings is 1. The van der Waals surface area contributed by atoms with Crippen LogP contribution >= 0.6 is 0 Å². The zero-order chi connectivity index (χ0) is 18.9. The van der Waals surface area contributed by atoms with Crippen LogP contribution in [0.2, 0.25) is 0 Å². The van der Waals surface area contributed by atoms with E-state index >= 15 is 0 Å². The number of carbonyl (C=O) groups excluding carboxylic acids is 1. The molecule has 0 aromatic heterocycles. The maximum Gasteiger partial charge on any atom is 0.251 e. The summed E-state index contributed by atoms with van der Waals surface area (Å²) in [6, 6.07) is 4.50. The summed E-state index contributed by atoms with van der Waals surface area (Å²) in [5.74, 6) is -1.46. The van der Waals surface area contributed by atoms with Gasteiger partial charge in [0.15, 0.2) is 11.6 Å². The number of morpholine rings is 1. The standard InChI is InChI=1S/C20H28F2N2O2/c1-14(2)24-13-20(26-15(3)19(24)25)8-11-23(12-9-20)10-7-16-5-4-6-17(21)18(16)22/h4-6,14-15H,7-13H2,1-3H3/t15-/m1/s1. The molecule has 2 heterocycles. The smallest absolute Gasteiger partial charge is 0.251 e. The number of hydrogen-bond donors (Lipinski definition) is 0. The van der Waals surface area contributed by atoms with Gasteiger partial charge in [0.1, 0.15) is 6.10 Å². The van der Waals surface area contributed by atoms with Gasteiger partial charge in [-0.05, 0) is 51.7 Å². The summed E-state index contributed by atoms with van der Waals surface area (Å²) < 4.78 is 33.2. The number of rotatable bonds is 4. The maximum atomic E-state index is 13.8. The van der Waals surface area contributed by atoms with Crippen molar-refractivity contribution in [1.82, 2.24) is 9.80 Å². The maximum absolute atomic E-state index is 13.8. The van der Waals surface area contributed by atoms with E-state index in [4.69, 9.17) is 4.74 Å². The molecular formula is C20H28F2N2O2. The Morgan fingerprint density at radius 1 is 1.27 bits per heavy atom. The number of halogens is 2. The average Bonchev–Trinajstić information content (AvgIpc) is 2.61. The van der Waals surface area contributed by atoms with Crippen LogP contribution in [0.5, 0.6) is 0 Å². The predicted octanol–water partition coefficient (Wildman–Crippen LogP) is 3.00. The summed E-state index contributed by atoms with van der Waals surface area (Å²) in [5, 5.41) is 0. The minimum atomic E-state index is -0.789. The molecule has 0 bridgehead atoms. The van der Waals surface area contributed by atoms with Crippen molar-refractivity contribution >= 4 is 5.91 Å². The monoisotopic (exact) mass is 366 g/mol. The van der Waals surface area contributed by atoms with Gasteiger partial charge in [0.2, 0.25) is 0 Å². The average molecular weight is 366 g/mol.